The third-order valence-electron chi connectivity index (χ3n) is 6.44. The number of aromatic hydroxyl groups is 1. The zero-order chi connectivity index (χ0) is 27.8. The minimum absolute atomic E-state index is 0.0266. The fraction of sp³-hybridized carbons (Fsp3) is 0.188. The molecule has 0 aliphatic carbocycles. The molecule has 1 heterocycles. The maximum atomic E-state index is 12.8. The van der Waals surface area contributed by atoms with Crippen molar-refractivity contribution in [3.63, 3.8) is 0 Å². The molecule has 2 N–H and O–H groups in total. The number of aryl methyl sites for hydroxylation is 1. The van der Waals surface area contributed by atoms with Gasteiger partial charge in [0, 0.05) is 29.4 Å². The number of benzene rings is 3. The lowest BCUT2D eigenvalue weighted by atomic mass is 9.92. The number of methoxy groups -OCH3 is 1. The predicted octanol–water partition coefficient (Wildman–Crippen LogP) is 6.14. The molecule has 198 valence electrons. The second-order valence-corrected chi connectivity index (χ2v) is 9.34. The molecule has 0 saturated heterocycles. The Hall–Kier alpha value is -4.78. The van der Waals surface area contributed by atoms with Crippen molar-refractivity contribution in [1.29, 1.82) is 0 Å². The minimum Gasteiger partial charge on any atom is -0.504 e. The number of ether oxygens (including phenoxy) is 1. The Kier molecular flexibility index (Phi) is 8.84. The molecule has 0 spiro atoms. The van der Waals surface area contributed by atoms with E-state index in [1.807, 2.05) is 30.3 Å². The molecule has 0 unspecified atom stereocenters. The van der Waals surface area contributed by atoms with Crippen LogP contribution < -0.4 is 10.1 Å². The third-order valence-corrected chi connectivity index (χ3v) is 6.44. The van der Waals surface area contributed by atoms with Gasteiger partial charge in [0.1, 0.15) is 0 Å². The second-order valence-electron chi connectivity index (χ2n) is 9.34. The van der Waals surface area contributed by atoms with E-state index < -0.39 is 0 Å². The van der Waals surface area contributed by atoms with E-state index >= 15 is 0 Å². The molecular formula is C32H31N3O4. The number of hydrogen-bond acceptors (Lipinski definition) is 6. The Morgan fingerprint density at radius 1 is 1.08 bits per heavy atom. The molecule has 0 aliphatic rings. The van der Waals surface area contributed by atoms with Gasteiger partial charge in [-0.05, 0) is 78.4 Å². The van der Waals surface area contributed by atoms with Crippen LogP contribution in [-0.2, 0) is 17.6 Å². The van der Waals surface area contributed by atoms with E-state index in [1.165, 1.54) is 13.2 Å². The maximum Gasteiger partial charge on any atom is 0.255 e. The molecule has 0 radical (unpaired) electrons. The molecule has 39 heavy (non-hydrogen) atoms. The quantitative estimate of drug-likeness (QED) is 0.230. The van der Waals surface area contributed by atoms with Crippen LogP contribution in [0, 0.1) is 0 Å². The molecule has 0 bridgehead atoms. The van der Waals surface area contributed by atoms with Crippen LogP contribution in [-0.4, -0.2) is 33.9 Å². The molecule has 3 aromatic carbocycles. The topological polar surface area (TPSA) is 101 Å². The smallest absolute Gasteiger partial charge is 0.255 e. The Bertz CT molecular complexity index is 1480. The van der Waals surface area contributed by atoms with Gasteiger partial charge < -0.3 is 15.2 Å². The van der Waals surface area contributed by atoms with Crippen molar-refractivity contribution in [2.45, 2.75) is 32.1 Å². The monoisotopic (exact) mass is 521 g/mol. The van der Waals surface area contributed by atoms with E-state index in [0.29, 0.717) is 42.0 Å². The molecule has 0 fully saturated rings. The van der Waals surface area contributed by atoms with Crippen LogP contribution in [0.1, 0.15) is 46.4 Å². The Morgan fingerprint density at radius 2 is 1.87 bits per heavy atom. The molecule has 0 saturated carbocycles. The van der Waals surface area contributed by atoms with Crippen LogP contribution >= 0.6 is 0 Å². The summed E-state index contributed by atoms with van der Waals surface area (Å²) in [6, 6.07) is 20.0. The van der Waals surface area contributed by atoms with Crippen molar-refractivity contribution >= 4 is 17.4 Å². The van der Waals surface area contributed by atoms with Crippen molar-refractivity contribution < 1.29 is 19.4 Å². The van der Waals surface area contributed by atoms with Gasteiger partial charge in [-0.1, -0.05) is 37.8 Å². The van der Waals surface area contributed by atoms with Crippen LogP contribution in [0.25, 0.3) is 11.3 Å². The number of carbonyl (C=O) groups is 2. The van der Waals surface area contributed by atoms with Crippen molar-refractivity contribution in [3.05, 3.63) is 114 Å². The number of anilines is 1. The Morgan fingerprint density at radius 3 is 2.62 bits per heavy atom. The molecule has 4 aromatic rings. The van der Waals surface area contributed by atoms with E-state index in [2.05, 4.69) is 29.9 Å². The molecular weight excluding hydrogens is 490 g/mol. The molecule has 0 aliphatic heterocycles. The average molecular weight is 522 g/mol. The van der Waals surface area contributed by atoms with Gasteiger partial charge in [0.25, 0.3) is 5.91 Å². The van der Waals surface area contributed by atoms with Gasteiger partial charge in [-0.3, -0.25) is 14.6 Å². The fourth-order valence-electron chi connectivity index (χ4n) is 4.29. The van der Waals surface area contributed by atoms with Gasteiger partial charge in [-0.2, -0.15) is 0 Å². The largest absolute Gasteiger partial charge is 0.504 e. The predicted molar refractivity (Wildman–Crippen MR) is 152 cm³/mol. The van der Waals surface area contributed by atoms with Gasteiger partial charge in [0.15, 0.2) is 17.3 Å². The molecule has 1 aromatic heterocycles. The molecule has 1 amide bonds. The number of ketones is 1. The highest BCUT2D eigenvalue weighted by molar-refractivity contribution is 6.04. The highest BCUT2D eigenvalue weighted by atomic mass is 16.5. The van der Waals surface area contributed by atoms with Crippen molar-refractivity contribution in [1.82, 2.24) is 9.97 Å². The molecule has 1 atom stereocenters. The van der Waals surface area contributed by atoms with E-state index in [9.17, 15) is 14.7 Å². The van der Waals surface area contributed by atoms with Crippen molar-refractivity contribution in [3.8, 4) is 22.8 Å². The Balaban J connectivity index is 1.58. The standard InChI is InChI=1S/C32H31N3O4/c1-4-28(36)12-10-22-15-25(17-26(16-22)35-32(38)23-8-6-5-7-9-23)21(2)14-27-19-33-20-29(34-27)24-11-13-30(37)31(18-24)39-3/h4-9,11,13,15-21,37H,1,10,12,14H2,2-3H3,(H,35,38)/t21-/m1/s1. The van der Waals surface area contributed by atoms with Crippen molar-refractivity contribution in [2.24, 2.45) is 0 Å². The summed E-state index contributed by atoms with van der Waals surface area (Å²) in [5, 5.41) is 12.9. The summed E-state index contributed by atoms with van der Waals surface area (Å²) in [6.07, 6.45) is 6.24. The lowest BCUT2D eigenvalue weighted by molar-refractivity contribution is -0.114. The minimum atomic E-state index is -0.198. The molecule has 4 rings (SSSR count). The van der Waals surface area contributed by atoms with Gasteiger partial charge >= 0.3 is 0 Å². The van der Waals surface area contributed by atoms with E-state index in [4.69, 9.17) is 9.72 Å². The van der Waals surface area contributed by atoms with Gasteiger partial charge in [0.2, 0.25) is 0 Å². The van der Waals surface area contributed by atoms with Crippen LogP contribution in [0.3, 0.4) is 0 Å². The first-order chi connectivity index (χ1) is 18.9. The van der Waals surface area contributed by atoms with E-state index in [-0.39, 0.29) is 23.4 Å². The van der Waals surface area contributed by atoms with Crippen molar-refractivity contribution in [2.75, 3.05) is 12.4 Å². The first-order valence-corrected chi connectivity index (χ1v) is 12.7. The van der Waals surface area contributed by atoms with Crippen LogP contribution in [0.15, 0.2) is 91.8 Å². The van der Waals surface area contributed by atoms with E-state index in [1.54, 1.807) is 42.7 Å². The normalized spacial score (nSPS) is 11.4. The number of phenols is 1. The zero-order valence-electron chi connectivity index (χ0n) is 22.1. The number of nitrogens with zero attached hydrogens (tertiary/aromatic N) is 2. The SMILES string of the molecule is C=CC(=O)CCc1cc(NC(=O)c2ccccc2)cc([C@H](C)Cc2cncc(-c3ccc(O)c(OC)c3)n2)c1. The summed E-state index contributed by atoms with van der Waals surface area (Å²) in [5.74, 6) is 0.248. The number of carbonyl (C=O) groups excluding carboxylic acids is 2. The number of nitrogens with one attached hydrogen (secondary N) is 1. The second kappa shape index (κ2) is 12.6. The Labute approximate surface area is 228 Å². The zero-order valence-corrected chi connectivity index (χ0v) is 22.1. The first kappa shape index (κ1) is 27.3. The number of hydrogen-bond donors (Lipinski definition) is 2. The molecule has 7 heteroatoms. The third kappa shape index (κ3) is 7.17. The van der Waals surface area contributed by atoms with Crippen LogP contribution in [0.2, 0.25) is 0 Å². The fourth-order valence-corrected chi connectivity index (χ4v) is 4.29. The first-order valence-electron chi connectivity index (χ1n) is 12.7. The van der Waals surface area contributed by atoms with Crippen LogP contribution in [0.5, 0.6) is 11.5 Å². The molecule has 7 nitrogen and oxygen atoms in total. The highest BCUT2D eigenvalue weighted by Crippen LogP contribution is 2.31. The summed E-state index contributed by atoms with van der Waals surface area (Å²) >= 11 is 0. The summed E-state index contributed by atoms with van der Waals surface area (Å²) in [7, 11) is 1.50. The van der Waals surface area contributed by atoms with Gasteiger partial charge in [0.05, 0.1) is 24.7 Å². The number of phenolic OH excluding ortho intramolecular Hbond substituents is 1. The van der Waals surface area contributed by atoms with Gasteiger partial charge in [-0.25, -0.2) is 4.98 Å². The summed E-state index contributed by atoms with van der Waals surface area (Å²) in [6.45, 7) is 5.65. The van der Waals surface area contributed by atoms with E-state index in [0.717, 1.165) is 22.4 Å². The maximum absolute atomic E-state index is 12.8. The summed E-state index contributed by atoms with van der Waals surface area (Å²) in [4.78, 5) is 33.9. The number of amides is 1. The number of aromatic nitrogens is 2. The van der Waals surface area contributed by atoms with Gasteiger partial charge in [-0.15, -0.1) is 0 Å². The summed E-state index contributed by atoms with van der Waals surface area (Å²) < 4.78 is 5.22. The summed E-state index contributed by atoms with van der Waals surface area (Å²) in [5.41, 5.74) is 5.46. The highest BCUT2D eigenvalue weighted by Gasteiger charge is 2.14. The average Bonchev–Trinajstić information content (AvgIpc) is 2.96. The lowest BCUT2D eigenvalue weighted by Crippen LogP contribution is -2.13. The number of allylic oxidation sites excluding steroid dienone is 1. The van der Waals surface area contributed by atoms with Crippen LogP contribution in [0.4, 0.5) is 5.69 Å². The lowest BCUT2D eigenvalue weighted by Gasteiger charge is -2.16. The number of rotatable bonds is 11.